The molecule has 3 heterocycles. The first kappa shape index (κ1) is 23.7. The fourth-order valence-electron chi connectivity index (χ4n) is 4.63. The van der Waals surface area contributed by atoms with E-state index in [0.717, 1.165) is 62.5 Å². The van der Waals surface area contributed by atoms with Crippen molar-refractivity contribution in [3.63, 3.8) is 0 Å². The van der Waals surface area contributed by atoms with Crippen LogP contribution in [-0.2, 0) is 10.0 Å². The summed E-state index contributed by atoms with van der Waals surface area (Å²) in [4.78, 5) is 5.91. The Kier molecular flexibility index (Phi) is 7.56. The monoisotopic (exact) mass is 501 g/mol. The zero-order valence-corrected chi connectivity index (χ0v) is 20.3. The van der Waals surface area contributed by atoms with Gasteiger partial charge in [-0.2, -0.15) is 0 Å². The topological polar surface area (TPSA) is 86.4 Å². The molecule has 0 radical (unpaired) electrons. The molecule has 1 aromatic carbocycles. The Balaban J connectivity index is 1.26. The lowest BCUT2D eigenvalue weighted by molar-refractivity contribution is 0.133. The van der Waals surface area contributed by atoms with Crippen molar-refractivity contribution in [3.8, 4) is 0 Å². The molecule has 11 heteroatoms. The Morgan fingerprint density at radius 3 is 2.88 bits per heavy atom. The zero-order chi connectivity index (χ0) is 22.6. The number of hydrogen-bond acceptors (Lipinski definition) is 7. The highest BCUT2D eigenvalue weighted by Gasteiger charge is 2.37. The van der Waals surface area contributed by atoms with E-state index < -0.39 is 20.7 Å². The molecule has 1 atom stereocenters. The maximum absolute atomic E-state index is 14.6. The van der Waals surface area contributed by atoms with E-state index in [4.69, 9.17) is 11.6 Å². The van der Waals surface area contributed by atoms with Gasteiger partial charge in [-0.05, 0) is 70.3 Å². The van der Waals surface area contributed by atoms with E-state index in [0.29, 0.717) is 17.8 Å². The maximum atomic E-state index is 14.6. The van der Waals surface area contributed by atoms with Crippen LogP contribution in [0.1, 0.15) is 38.5 Å². The van der Waals surface area contributed by atoms with Crippen LogP contribution in [0.2, 0.25) is 5.02 Å². The number of halogens is 2. The lowest BCUT2D eigenvalue weighted by Crippen LogP contribution is -2.53. The quantitative estimate of drug-likeness (QED) is 0.447. The van der Waals surface area contributed by atoms with Crippen molar-refractivity contribution < 1.29 is 12.8 Å². The van der Waals surface area contributed by atoms with Gasteiger partial charge in [0.15, 0.2) is 5.13 Å². The summed E-state index contributed by atoms with van der Waals surface area (Å²) in [5, 5.41) is 8.81. The van der Waals surface area contributed by atoms with E-state index in [1.165, 1.54) is 31.9 Å². The van der Waals surface area contributed by atoms with Crippen LogP contribution in [0, 0.1) is 5.82 Å². The first-order valence-corrected chi connectivity index (χ1v) is 13.7. The molecule has 2 fully saturated rings. The summed E-state index contributed by atoms with van der Waals surface area (Å²) in [6.07, 6.45) is 8.49. The van der Waals surface area contributed by atoms with Crippen molar-refractivity contribution >= 4 is 43.8 Å². The number of piperidine rings is 1. The predicted molar refractivity (Wildman–Crippen MR) is 128 cm³/mol. The van der Waals surface area contributed by atoms with Crippen LogP contribution in [0.15, 0.2) is 28.6 Å². The molecule has 0 bridgehead atoms. The second-order valence-electron chi connectivity index (χ2n) is 8.53. The minimum absolute atomic E-state index is 0.163. The van der Waals surface area contributed by atoms with Gasteiger partial charge in [-0.15, -0.1) is 11.3 Å². The van der Waals surface area contributed by atoms with Crippen LogP contribution in [0.5, 0.6) is 0 Å². The van der Waals surface area contributed by atoms with Crippen molar-refractivity contribution in [2.24, 2.45) is 0 Å². The second kappa shape index (κ2) is 10.2. The highest BCUT2D eigenvalue weighted by atomic mass is 35.5. The van der Waals surface area contributed by atoms with Crippen molar-refractivity contribution in [3.05, 3.63) is 34.5 Å². The molecule has 7 nitrogen and oxygen atoms in total. The molecule has 32 heavy (non-hydrogen) atoms. The first-order chi connectivity index (χ1) is 15.4. The number of unbranched alkanes of at least 4 members (excludes halogenated alkanes) is 1. The van der Waals surface area contributed by atoms with Crippen molar-refractivity contribution in [1.29, 1.82) is 0 Å². The molecule has 2 aliphatic rings. The highest BCUT2D eigenvalue weighted by Crippen LogP contribution is 2.31. The Morgan fingerprint density at radius 1 is 1.28 bits per heavy atom. The summed E-state index contributed by atoms with van der Waals surface area (Å²) < 4.78 is 41.7. The summed E-state index contributed by atoms with van der Waals surface area (Å²) >= 11 is 7.36. The Morgan fingerprint density at radius 2 is 2.12 bits per heavy atom. The average Bonchev–Trinajstić information content (AvgIpc) is 3.42. The number of likely N-dealkylation sites (tertiary alicyclic amines) is 1. The minimum Gasteiger partial charge on any atom is -0.384 e. The predicted octanol–water partition coefficient (Wildman–Crippen LogP) is 4.15. The molecule has 2 aliphatic heterocycles. The Bertz CT molecular complexity index is 1010. The van der Waals surface area contributed by atoms with E-state index in [-0.39, 0.29) is 10.2 Å². The SMILES string of the molecule is O=S(=O)(Nc1nccs1)c1cc(Cl)c(NCCCCN2CCCC3(CCCN3)C2)cc1F. The molecule has 1 unspecified atom stereocenters. The van der Waals surface area contributed by atoms with E-state index in [1.807, 2.05) is 0 Å². The number of aromatic nitrogens is 1. The van der Waals surface area contributed by atoms with E-state index >= 15 is 0 Å². The third kappa shape index (κ3) is 5.72. The van der Waals surface area contributed by atoms with Crippen molar-refractivity contribution in [2.45, 2.75) is 49.0 Å². The molecule has 0 amide bonds. The van der Waals surface area contributed by atoms with Gasteiger partial charge in [0.25, 0.3) is 10.0 Å². The van der Waals surface area contributed by atoms with Gasteiger partial charge >= 0.3 is 0 Å². The van der Waals surface area contributed by atoms with Gasteiger partial charge in [0, 0.05) is 30.2 Å². The molecule has 2 saturated heterocycles. The van der Waals surface area contributed by atoms with Crippen LogP contribution in [0.3, 0.4) is 0 Å². The average molecular weight is 502 g/mol. The number of sulfonamides is 1. The molecule has 1 aromatic heterocycles. The van der Waals surface area contributed by atoms with E-state index in [2.05, 4.69) is 25.2 Å². The largest absolute Gasteiger partial charge is 0.384 e. The molecular weight excluding hydrogens is 473 g/mol. The van der Waals surface area contributed by atoms with Gasteiger partial charge < -0.3 is 15.5 Å². The molecule has 176 valence electrons. The molecule has 0 aliphatic carbocycles. The van der Waals surface area contributed by atoms with Gasteiger partial charge in [0.05, 0.1) is 10.7 Å². The number of nitrogens with zero attached hydrogens (tertiary/aromatic N) is 2. The molecular formula is C21H29ClFN5O2S2. The number of benzene rings is 1. The number of hydrogen-bond donors (Lipinski definition) is 3. The minimum atomic E-state index is -4.10. The fraction of sp³-hybridized carbons (Fsp3) is 0.571. The van der Waals surface area contributed by atoms with E-state index in [9.17, 15) is 12.8 Å². The standard InChI is InChI=1S/C21H29ClFN5O2S2/c22-16-13-19(32(29,30)27-20-25-9-12-31-20)17(23)14-18(16)24-7-1-2-10-28-11-4-6-21(15-28)5-3-8-26-21/h9,12-14,24,26H,1-8,10-11,15H2,(H,25,27). The normalized spacial score (nSPS) is 21.8. The summed E-state index contributed by atoms with van der Waals surface area (Å²) in [5.41, 5.74) is 0.724. The summed E-state index contributed by atoms with van der Waals surface area (Å²) in [7, 11) is -4.10. The van der Waals surface area contributed by atoms with Crippen molar-refractivity contribution in [1.82, 2.24) is 15.2 Å². The number of thiazole rings is 1. The third-order valence-corrected chi connectivity index (χ3v) is 8.65. The molecule has 0 saturated carbocycles. The van der Waals surface area contributed by atoms with Gasteiger partial charge in [0.2, 0.25) is 0 Å². The summed E-state index contributed by atoms with van der Waals surface area (Å²) in [6, 6.07) is 2.27. The van der Waals surface area contributed by atoms with Gasteiger partial charge in [-0.25, -0.2) is 17.8 Å². The molecule has 4 rings (SSSR count). The fourth-order valence-corrected chi connectivity index (χ4v) is 6.80. The molecule has 3 N–H and O–H groups in total. The van der Waals surface area contributed by atoms with Crippen LogP contribution in [0.25, 0.3) is 0 Å². The van der Waals surface area contributed by atoms with Gasteiger partial charge in [-0.1, -0.05) is 11.6 Å². The lowest BCUT2D eigenvalue weighted by Gasteiger charge is -2.40. The number of nitrogens with one attached hydrogen (secondary N) is 3. The van der Waals surface area contributed by atoms with Crippen LogP contribution < -0.4 is 15.4 Å². The second-order valence-corrected chi connectivity index (χ2v) is 11.5. The molecule has 2 aromatic rings. The zero-order valence-electron chi connectivity index (χ0n) is 17.9. The van der Waals surface area contributed by atoms with Crippen molar-refractivity contribution in [2.75, 3.05) is 42.8 Å². The third-order valence-electron chi connectivity index (χ3n) is 6.17. The number of anilines is 2. The smallest absolute Gasteiger partial charge is 0.266 e. The van der Waals surface area contributed by atoms with Gasteiger partial charge in [-0.3, -0.25) is 4.72 Å². The summed E-state index contributed by atoms with van der Waals surface area (Å²) in [6.45, 7) is 5.10. The molecule has 1 spiro atoms. The van der Waals surface area contributed by atoms with Gasteiger partial charge in [0.1, 0.15) is 10.7 Å². The highest BCUT2D eigenvalue weighted by molar-refractivity contribution is 7.93. The number of rotatable bonds is 9. The lowest BCUT2D eigenvalue weighted by atomic mass is 9.87. The van der Waals surface area contributed by atoms with Crippen LogP contribution >= 0.6 is 22.9 Å². The maximum Gasteiger partial charge on any atom is 0.266 e. The Labute approximate surface area is 197 Å². The first-order valence-electron chi connectivity index (χ1n) is 11.0. The van der Waals surface area contributed by atoms with E-state index in [1.54, 1.807) is 5.38 Å². The Hall–Kier alpha value is -1.46. The summed E-state index contributed by atoms with van der Waals surface area (Å²) in [5.74, 6) is -0.858. The van der Waals surface area contributed by atoms with Crippen LogP contribution in [0.4, 0.5) is 15.2 Å². The van der Waals surface area contributed by atoms with Crippen LogP contribution in [-0.4, -0.2) is 56.6 Å².